The quantitative estimate of drug-likeness (QED) is 0.638. The van der Waals surface area contributed by atoms with Crippen LogP contribution in [0.15, 0.2) is 36.4 Å². The van der Waals surface area contributed by atoms with Crippen LogP contribution in [0, 0.1) is 20.2 Å². The maximum Gasteiger partial charge on any atom is 0.273 e. The van der Waals surface area contributed by atoms with Crippen LogP contribution >= 0.6 is 0 Å². The molecule has 0 fully saturated rings. The maximum absolute atomic E-state index is 11.7. The molecule has 9 heteroatoms. The van der Waals surface area contributed by atoms with Crippen molar-refractivity contribution in [1.82, 2.24) is 0 Å². The number of nitrogens with zero attached hydrogens (tertiary/aromatic N) is 2. The SMILES string of the molecule is COc1cc([N+](=O)[O-])ccc1NCc1cc([N+](=O)[O-])ccc1[O-]. The van der Waals surface area contributed by atoms with E-state index in [1.807, 2.05) is 0 Å². The summed E-state index contributed by atoms with van der Waals surface area (Å²) in [6.07, 6.45) is 0. The van der Waals surface area contributed by atoms with Gasteiger partial charge in [-0.25, -0.2) is 0 Å². The summed E-state index contributed by atoms with van der Waals surface area (Å²) in [5.74, 6) is -0.110. The van der Waals surface area contributed by atoms with Crippen LogP contribution in [0.2, 0.25) is 0 Å². The zero-order chi connectivity index (χ0) is 17.0. The number of non-ortho nitro benzene ring substituents is 2. The van der Waals surface area contributed by atoms with E-state index in [1.54, 1.807) is 0 Å². The van der Waals surface area contributed by atoms with E-state index in [0.717, 1.165) is 12.1 Å². The molecule has 0 spiro atoms. The van der Waals surface area contributed by atoms with Crippen molar-refractivity contribution in [3.05, 3.63) is 62.2 Å². The van der Waals surface area contributed by atoms with Gasteiger partial charge in [-0.1, -0.05) is 6.07 Å². The van der Waals surface area contributed by atoms with Gasteiger partial charge in [-0.15, -0.1) is 5.75 Å². The Bertz CT molecular complexity index is 762. The highest BCUT2D eigenvalue weighted by Gasteiger charge is 2.12. The van der Waals surface area contributed by atoms with Crippen molar-refractivity contribution in [2.24, 2.45) is 0 Å². The fraction of sp³-hybridized carbons (Fsp3) is 0.143. The molecule has 0 unspecified atom stereocenters. The fourth-order valence-corrected chi connectivity index (χ4v) is 1.95. The zero-order valence-corrected chi connectivity index (χ0v) is 12.0. The van der Waals surface area contributed by atoms with Crippen LogP contribution in [-0.4, -0.2) is 17.0 Å². The van der Waals surface area contributed by atoms with E-state index in [0.29, 0.717) is 5.69 Å². The molecule has 0 radical (unpaired) electrons. The number of rotatable bonds is 6. The summed E-state index contributed by atoms with van der Waals surface area (Å²) in [6, 6.07) is 7.43. The van der Waals surface area contributed by atoms with Crippen LogP contribution in [0.1, 0.15) is 5.56 Å². The first-order valence-electron chi connectivity index (χ1n) is 6.43. The average Bonchev–Trinajstić information content (AvgIpc) is 2.53. The van der Waals surface area contributed by atoms with Gasteiger partial charge in [0.1, 0.15) is 5.75 Å². The molecule has 120 valence electrons. The molecular weight excluding hydrogens is 306 g/mol. The first-order chi connectivity index (χ1) is 10.9. The number of methoxy groups -OCH3 is 1. The second kappa shape index (κ2) is 6.60. The van der Waals surface area contributed by atoms with Crippen molar-refractivity contribution in [2.75, 3.05) is 12.4 Å². The predicted molar refractivity (Wildman–Crippen MR) is 79.5 cm³/mol. The summed E-state index contributed by atoms with van der Waals surface area (Å²) in [7, 11) is 1.36. The van der Waals surface area contributed by atoms with Crippen LogP contribution < -0.4 is 15.2 Å². The predicted octanol–water partition coefficient (Wildman–Crippen LogP) is 2.20. The molecule has 0 aliphatic heterocycles. The third-order valence-electron chi connectivity index (χ3n) is 3.12. The molecule has 0 heterocycles. The van der Waals surface area contributed by atoms with E-state index >= 15 is 0 Å². The third kappa shape index (κ3) is 3.64. The highest BCUT2D eigenvalue weighted by atomic mass is 16.6. The number of nitro groups is 2. The van der Waals surface area contributed by atoms with Crippen molar-refractivity contribution < 1.29 is 19.7 Å². The summed E-state index contributed by atoms with van der Waals surface area (Å²) in [4.78, 5) is 20.3. The molecule has 0 aliphatic rings. The topological polar surface area (TPSA) is 131 Å². The first-order valence-corrected chi connectivity index (χ1v) is 6.43. The van der Waals surface area contributed by atoms with Crippen molar-refractivity contribution in [1.29, 1.82) is 0 Å². The van der Waals surface area contributed by atoms with E-state index < -0.39 is 9.85 Å². The number of ether oxygens (including phenoxy) is 1. The van der Waals surface area contributed by atoms with Gasteiger partial charge >= 0.3 is 0 Å². The van der Waals surface area contributed by atoms with Crippen LogP contribution in [0.4, 0.5) is 17.1 Å². The molecule has 0 saturated heterocycles. The number of nitrogens with one attached hydrogen (secondary N) is 1. The lowest BCUT2D eigenvalue weighted by Crippen LogP contribution is -2.06. The molecule has 2 aromatic rings. The molecule has 0 bridgehead atoms. The van der Waals surface area contributed by atoms with Crippen molar-refractivity contribution in [2.45, 2.75) is 6.54 Å². The lowest BCUT2D eigenvalue weighted by molar-refractivity contribution is -0.385. The minimum absolute atomic E-state index is 0.0225. The summed E-state index contributed by atoms with van der Waals surface area (Å²) in [5.41, 5.74) is 0.327. The lowest BCUT2D eigenvalue weighted by Gasteiger charge is -2.15. The Kier molecular flexibility index (Phi) is 4.60. The minimum Gasteiger partial charge on any atom is -0.872 e. The van der Waals surface area contributed by atoms with Crippen molar-refractivity contribution in [3.8, 4) is 11.5 Å². The molecule has 0 amide bonds. The summed E-state index contributed by atoms with van der Waals surface area (Å²) < 4.78 is 5.06. The standard InChI is InChI=1S/C14H13N3O6/c1-23-14-7-11(17(21)22)2-4-12(14)15-8-9-6-10(16(19)20)3-5-13(9)18/h2-7,15,18H,8H2,1H3/p-1. The van der Waals surface area contributed by atoms with Gasteiger partial charge in [-0.2, -0.15) is 0 Å². The van der Waals surface area contributed by atoms with Gasteiger partial charge in [0.2, 0.25) is 0 Å². The largest absolute Gasteiger partial charge is 0.872 e. The fourth-order valence-electron chi connectivity index (χ4n) is 1.95. The molecule has 0 aromatic heterocycles. The van der Waals surface area contributed by atoms with E-state index in [4.69, 9.17) is 4.74 Å². The van der Waals surface area contributed by atoms with Gasteiger partial charge in [0.05, 0.1) is 28.7 Å². The maximum atomic E-state index is 11.7. The van der Waals surface area contributed by atoms with Crippen LogP contribution in [0.3, 0.4) is 0 Å². The Morgan fingerprint density at radius 2 is 1.65 bits per heavy atom. The third-order valence-corrected chi connectivity index (χ3v) is 3.12. The molecular formula is C14H12N3O6-. The van der Waals surface area contributed by atoms with Gasteiger partial charge in [-0.3, -0.25) is 20.2 Å². The smallest absolute Gasteiger partial charge is 0.273 e. The molecule has 0 saturated carbocycles. The number of hydrogen-bond donors (Lipinski definition) is 1. The van der Waals surface area contributed by atoms with Gasteiger partial charge in [0.15, 0.2) is 0 Å². The monoisotopic (exact) mass is 318 g/mol. The highest BCUT2D eigenvalue weighted by Crippen LogP contribution is 2.30. The summed E-state index contributed by atoms with van der Waals surface area (Å²) in [5, 5.41) is 36.1. The summed E-state index contributed by atoms with van der Waals surface area (Å²) >= 11 is 0. The molecule has 2 rings (SSSR count). The van der Waals surface area contributed by atoms with E-state index in [9.17, 15) is 25.3 Å². The second-order valence-electron chi connectivity index (χ2n) is 4.54. The Labute approximate surface area is 130 Å². The normalized spacial score (nSPS) is 10.1. The van der Waals surface area contributed by atoms with Crippen LogP contribution in [0.25, 0.3) is 0 Å². The highest BCUT2D eigenvalue weighted by molar-refractivity contribution is 5.61. The van der Waals surface area contributed by atoms with E-state index in [-0.39, 0.29) is 35.0 Å². The van der Waals surface area contributed by atoms with E-state index in [1.165, 1.54) is 31.4 Å². The molecule has 0 atom stereocenters. The molecule has 0 aliphatic carbocycles. The number of hydrogen-bond acceptors (Lipinski definition) is 7. The average molecular weight is 318 g/mol. The van der Waals surface area contributed by atoms with Gasteiger partial charge in [0, 0.05) is 24.7 Å². The molecule has 9 nitrogen and oxygen atoms in total. The Balaban J connectivity index is 2.22. The van der Waals surface area contributed by atoms with Gasteiger partial charge < -0.3 is 15.2 Å². The lowest BCUT2D eigenvalue weighted by atomic mass is 10.1. The van der Waals surface area contributed by atoms with E-state index in [2.05, 4.69) is 5.32 Å². The Morgan fingerprint density at radius 3 is 2.26 bits per heavy atom. The van der Waals surface area contributed by atoms with Crippen LogP contribution in [0.5, 0.6) is 11.5 Å². The zero-order valence-electron chi connectivity index (χ0n) is 12.0. The van der Waals surface area contributed by atoms with Crippen molar-refractivity contribution >= 4 is 17.1 Å². The molecule has 1 N–H and O–H groups in total. The van der Waals surface area contributed by atoms with Gasteiger partial charge in [-0.05, 0) is 11.6 Å². The van der Waals surface area contributed by atoms with Crippen LogP contribution in [-0.2, 0) is 6.54 Å². The van der Waals surface area contributed by atoms with Gasteiger partial charge in [0.25, 0.3) is 11.4 Å². The Morgan fingerprint density at radius 1 is 1.04 bits per heavy atom. The number of nitro benzene ring substituents is 2. The first kappa shape index (κ1) is 16.0. The van der Waals surface area contributed by atoms with Crippen molar-refractivity contribution in [3.63, 3.8) is 0 Å². The second-order valence-corrected chi connectivity index (χ2v) is 4.54. The molecule has 2 aromatic carbocycles. The number of benzene rings is 2. The molecule has 23 heavy (non-hydrogen) atoms. The minimum atomic E-state index is -0.588. The number of anilines is 1. The summed E-state index contributed by atoms with van der Waals surface area (Å²) in [6.45, 7) is 0.0225. The Hall–Kier alpha value is -3.36.